The summed E-state index contributed by atoms with van der Waals surface area (Å²) >= 11 is 0. The Balaban J connectivity index is 1.63. The minimum absolute atomic E-state index is 0.0972. The summed E-state index contributed by atoms with van der Waals surface area (Å²) in [5, 5.41) is 3.04. The number of ether oxygens (including phenoxy) is 1. The number of carbonyl (C=O) groups excluding carboxylic acids is 1. The van der Waals surface area contributed by atoms with Gasteiger partial charge in [0.15, 0.2) is 0 Å². The Morgan fingerprint density at radius 2 is 1.89 bits per heavy atom. The molecule has 1 aromatic heterocycles. The minimum Gasteiger partial charge on any atom is -0.406 e. The Labute approximate surface area is 157 Å². The number of hydrogen-bond acceptors (Lipinski definition) is 4. The number of nitrogens with zero attached hydrogens (tertiary/aromatic N) is 2. The van der Waals surface area contributed by atoms with E-state index in [9.17, 15) is 22.8 Å². The van der Waals surface area contributed by atoms with Gasteiger partial charge in [0.05, 0.1) is 17.2 Å². The van der Waals surface area contributed by atoms with Crippen LogP contribution in [0.2, 0.25) is 0 Å². The molecule has 0 aliphatic carbocycles. The lowest BCUT2D eigenvalue weighted by Gasteiger charge is -2.10. The second-order valence-corrected chi connectivity index (χ2v) is 6.12. The molecule has 146 valence electrons. The van der Waals surface area contributed by atoms with Gasteiger partial charge in [0.25, 0.3) is 5.56 Å². The number of benzene rings is 2. The topological polar surface area (TPSA) is 73.2 Å². The number of aromatic nitrogens is 2. The first kappa shape index (κ1) is 19.4. The number of amides is 1. The number of alkyl halides is 3. The third kappa shape index (κ3) is 4.67. The highest BCUT2D eigenvalue weighted by Crippen LogP contribution is 2.22. The average molecular weight is 391 g/mol. The lowest BCUT2D eigenvalue weighted by Crippen LogP contribution is -2.32. The molecule has 1 amide bonds. The Morgan fingerprint density at radius 1 is 1.18 bits per heavy atom. The van der Waals surface area contributed by atoms with Crippen molar-refractivity contribution in [1.29, 1.82) is 0 Å². The third-order valence-electron chi connectivity index (χ3n) is 4.02. The molecule has 3 rings (SSSR count). The van der Waals surface area contributed by atoms with E-state index >= 15 is 0 Å². The van der Waals surface area contributed by atoms with Crippen molar-refractivity contribution in [1.82, 2.24) is 14.9 Å². The van der Waals surface area contributed by atoms with Crippen LogP contribution in [-0.2, 0) is 17.9 Å². The summed E-state index contributed by atoms with van der Waals surface area (Å²) < 4.78 is 41.4. The van der Waals surface area contributed by atoms with Crippen molar-refractivity contribution >= 4 is 16.8 Å². The van der Waals surface area contributed by atoms with Crippen LogP contribution in [0.4, 0.5) is 13.2 Å². The van der Waals surface area contributed by atoms with Gasteiger partial charge in [-0.25, -0.2) is 4.98 Å². The number of halogens is 3. The van der Waals surface area contributed by atoms with Crippen molar-refractivity contribution in [3.63, 3.8) is 0 Å². The van der Waals surface area contributed by atoms with Crippen molar-refractivity contribution in [3.05, 3.63) is 70.3 Å². The van der Waals surface area contributed by atoms with Crippen LogP contribution in [-0.4, -0.2) is 21.8 Å². The first-order chi connectivity index (χ1) is 13.2. The van der Waals surface area contributed by atoms with Crippen molar-refractivity contribution < 1.29 is 22.7 Å². The molecular formula is C19H16F3N3O3. The van der Waals surface area contributed by atoms with E-state index in [1.165, 1.54) is 23.0 Å². The zero-order valence-electron chi connectivity index (χ0n) is 14.8. The fourth-order valence-corrected chi connectivity index (χ4v) is 2.67. The standard InChI is InChI=1S/C19H16F3N3O3/c1-12-3-2-4-15-17(12)24-11-25(18(15)27)10-16(26)23-9-13-5-7-14(8-6-13)28-19(20,21)22/h2-8,11H,9-10H2,1H3,(H,23,26). The summed E-state index contributed by atoms with van der Waals surface area (Å²) in [6.07, 6.45) is -3.43. The number of para-hydroxylation sites is 1. The SMILES string of the molecule is Cc1cccc2c(=O)n(CC(=O)NCc3ccc(OC(F)(F)F)cc3)cnc12. The van der Waals surface area contributed by atoms with E-state index in [0.29, 0.717) is 16.5 Å². The number of carbonyl (C=O) groups is 1. The molecule has 9 heteroatoms. The van der Waals surface area contributed by atoms with Gasteiger partial charge in [0.1, 0.15) is 12.3 Å². The van der Waals surface area contributed by atoms with Gasteiger partial charge in [-0.1, -0.05) is 24.3 Å². The summed E-state index contributed by atoms with van der Waals surface area (Å²) in [4.78, 5) is 28.8. The minimum atomic E-state index is -4.75. The number of hydrogen-bond donors (Lipinski definition) is 1. The quantitative estimate of drug-likeness (QED) is 0.726. The first-order valence-electron chi connectivity index (χ1n) is 8.29. The van der Waals surface area contributed by atoms with Crippen molar-refractivity contribution in [2.75, 3.05) is 0 Å². The zero-order valence-corrected chi connectivity index (χ0v) is 14.8. The molecule has 0 spiro atoms. The summed E-state index contributed by atoms with van der Waals surface area (Å²) in [6, 6.07) is 10.4. The maximum absolute atomic E-state index is 12.5. The summed E-state index contributed by atoms with van der Waals surface area (Å²) in [5.74, 6) is -0.766. The first-order valence-corrected chi connectivity index (χ1v) is 8.29. The molecule has 0 saturated heterocycles. The van der Waals surface area contributed by atoms with Gasteiger partial charge in [0.2, 0.25) is 5.91 Å². The van der Waals surface area contributed by atoms with Crippen molar-refractivity contribution in [2.45, 2.75) is 26.4 Å². The maximum atomic E-state index is 12.5. The molecule has 0 radical (unpaired) electrons. The number of fused-ring (bicyclic) bond motifs is 1. The van der Waals surface area contributed by atoms with Gasteiger partial charge in [-0.15, -0.1) is 13.2 Å². The van der Waals surface area contributed by atoms with Crippen LogP contribution in [0.1, 0.15) is 11.1 Å². The molecule has 0 aliphatic rings. The zero-order chi connectivity index (χ0) is 20.3. The number of rotatable bonds is 5. The van der Waals surface area contributed by atoms with Crippen molar-refractivity contribution in [2.24, 2.45) is 0 Å². The molecule has 2 aromatic carbocycles. The molecule has 1 heterocycles. The predicted octanol–water partition coefficient (Wildman–Crippen LogP) is 2.92. The predicted molar refractivity (Wildman–Crippen MR) is 95.7 cm³/mol. The fourth-order valence-electron chi connectivity index (χ4n) is 2.67. The molecule has 0 unspecified atom stereocenters. The van der Waals surface area contributed by atoms with Crippen LogP contribution >= 0.6 is 0 Å². The molecule has 1 N–H and O–H groups in total. The Morgan fingerprint density at radius 3 is 2.57 bits per heavy atom. The number of nitrogens with one attached hydrogen (secondary N) is 1. The highest BCUT2D eigenvalue weighted by Gasteiger charge is 2.30. The second-order valence-electron chi connectivity index (χ2n) is 6.12. The van der Waals surface area contributed by atoms with E-state index in [4.69, 9.17) is 0 Å². The largest absolute Gasteiger partial charge is 0.573 e. The lowest BCUT2D eigenvalue weighted by molar-refractivity contribution is -0.274. The van der Waals surface area contributed by atoms with E-state index in [1.807, 2.05) is 13.0 Å². The second kappa shape index (κ2) is 7.71. The highest BCUT2D eigenvalue weighted by molar-refractivity contribution is 5.81. The molecule has 0 aliphatic heterocycles. The van der Waals surface area contributed by atoms with Gasteiger partial charge >= 0.3 is 6.36 Å². The Hall–Kier alpha value is -3.36. The van der Waals surface area contributed by atoms with Crippen LogP contribution in [0.3, 0.4) is 0 Å². The molecule has 0 saturated carbocycles. The van der Waals surface area contributed by atoms with Gasteiger partial charge in [-0.05, 0) is 36.2 Å². The van der Waals surface area contributed by atoms with Gasteiger partial charge in [0, 0.05) is 6.54 Å². The molecule has 0 fully saturated rings. The number of aryl methyl sites for hydroxylation is 1. The summed E-state index contributed by atoms with van der Waals surface area (Å²) in [7, 11) is 0. The van der Waals surface area contributed by atoms with E-state index < -0.39 is 12.3 Å². The van der Waals surface area contributed by atoms with Crippen LogP contribution in [0.5, 0.6) is 5.75 Å². The average Bonchev–Trinajstić information content (AvgIpc) is 2.63. The fraction of sp³-hybridized carbons (Fsp3) is 0.211. The molecule has 6 nitrogen and oxygen atoms in total. The maximum Gasteiger partial charge on any atom is 0.573 e. The summed E-state index contributed by atoms with van der Waals surface area (Å²) in [6.45, 7) is 1.72. The normalized spacial score (nSPS) is 11.4. The van der Waals surface area contributed by atoms with Crippen molar-refractivity contribution in [3.8, 4) is 5.75 Å². The van der Waals surface area contributed by atoms with E-state index in [-0.39, 0.29) is 24.4 Å². The molecule has 0 atom stereocenters. The van der Waals surface area contributed by atoms with Gasteiger partial charge in [-0.2, -0.15) is 0 Å². The van der Waals surface area contributed by atoms with Crippen LogP contribution in [0.25, 0.3) is 10.9 Å². The van der Waals surface area contributed by atoms with Gasteiger partial charge < -0.3 is 10.1 Å². The summed E-state index contributed by atoms with van der Waals surface area (Å²) in [5.41, 5.74) is 1.72. The molecule has 28 heavy (non-hydrogen) atoms. The van der Waals surface area contributed by atoms with Crippen LogP contribution in [0.15, 0.2) is 53.6 Å². The van der Waals surface area contributed by atoms with E-state index in [1.54, 1.807) is 12.1 Å². The third-order valence-corrected chi connectivity index (χ3v) is 4.02. The lowest BCUT2D eigenvalue weighted by atomic mass is 10.1. The van der Waals surface area contributed by atoms with Gasteiger partial charge in [-0.3, -0.25) is 14.2 Å². The van der Waals surface area contributed by atoms with E-state index in [2.05, 4.69) is 15.0 Å². The highest BCUT2D eigenvalue weighted by atomic mass is 19.4. The molecule has 3 aromatic rings. The molecule has 0 bridgehead atoms. The Kier molecular flexibility index (Phi) is 5.34. The molecular weight excluding hydrogens is 375 g/mol. The Bertz CT molecular complexity index is 1060. The smallest absolute Gasteiger partial charge is 0.406 e. The van der Waals surface area contributed by atoms with E-state index in [0.717, 1.165) is 17.7 Å². The monoisotopic (exact) mass is 391 g/mol. The van der Waals surface area contributed by atoms with Crippen LogP contribution < -0.4 is 15.6 Å². The van der Waals surface area contributed by atoms with Crippen LogP contribution in [0, 0.1) is 6.92 Å².